The first-order valence-corrected chi connectivity index (χ1v) is 12.2. The van der Waals surface area contributed by atoms with Crippen LogP contribution in [0.2, 0.25) is 0 Å². The van der Waals surface area contributed by atoms with Crippen molar-refractivity contribution in [2.75, 3.05) is 13.2 Å². The third kappa shape index (κ3) is 7.03. The fourth-order valence-electron chi connectivity index (χ4n) is 4.24. The minimum atomic E-state index is -0.782. The summed E-state index contributed by atoms with van der Waals surface area (Å²) in [5, 5.41) is 0. The average Bonchev–Trinajstić information content (AvgIpc) is 2.88. The van der Waals surface area contributed by atoms with Crippen LogP contribution in [-0.4, -0.2) is 19.2 Å². The van der Waals surface area contributed by atoms with Crippen molar-refractivity contribution in [1.29, 1.82) is 0 Å². The summed E-state index contributed by atoms with van der Waals surface area (Å²) in [6.07, 6.45) is 7.41. The molecule has 3 rings (SSSR count). The van der Waals surface area contributed by atoms with Crippen LogP contribution in [0, 0.1) is 0 Å². The molecule has 33 heavy (non-hydrogen) atoms. The molecular formula is C30H36O3. The minimum Gasteiger partial charge on any atom is -0.463 e. The maximum absolute atomic E-state index is 12.2. The van der Waals surface area contributed by atoms with Crippen molar-refractivity contribution in [3.05, 3.63) is 108 Å². The van der Waals surface area contributed by atoms with Crippen LogP contribution in [0.25, 0.3) is 0 Å². The Hall–Kier alpha value is -2.91. The molecule has 0 aliphatic carbocycles. The summed E-state index contributed by atoms with van der Waals surface area (Å²) in [5.41, 5.74) is 2.34. The number of unbranched alkanes of at least 4 members (excludes halogenated alkanes) is 5. The summed E-state index contributed by atoms with van der Waals surface area (Å²) in [7, 11) is 0. The van der Waals surface area contributed by atoms with Gasteiger partial charge in [0.05, 0.1) is 6.61 Å². The zero-order valence-electron chi connectivity index (χ0n) is 19.7. The second kappa shape index (κ2) is 13.6. The standard InChI is InChI=1S/C30H36O3/c1-2-3-4-5-6-16-23-29(31)32-24-25-33-30(26-17-10-7-11-18-26,27-19-12-8-13-20-27)28-21-14-9-15-22-28/h7-15,17-22H,2-6,16,23-25H2,1H3. The van der Waals surface area contributed by atoms with Crippen molar-refractivity contribution in [2.45, 2.75) is 57.5 Å². The number of hydrogen-bond donors (Lipinski definition) is 0. The fourth-order valence-corrected chi connectivity index (χ4v) is 4.24. The molecule has 3 heteroatoms. The van der Waals surface area contributed by atoms with Crippen LogP contribution in [0.3, 0.4) is 0 Å². The lowest BCUT2D eigenvalue weighted by molar-refractivity contribution is -0.146. The maximum Gasteiger partial charge on any atom is 0.305 e. The Morgan fingerprint density at radius 1 is 0.636 bits per heavy atom. The van der Waals surface area contributed by atoms with Crippen molar-refractivity contribution < 1.29 is 14.3 Å². The lowest BCUT2D eigenvalue weighted by atomic mass is 9.80. The van der Waals surface area contributed by atoms with E-state index in [4.69, 9.17) is 9.47 Å². The van der Waals surface area contributed by atoms with Gasteiger partial charge < -0.3 is 9.47 Å². The van der Waals surface area contributed by atoms with Gasteiger partial charge in [0.2, 0.25) is 0 Å². The molecule has 0 saturated heterocycles. The molecule has 0 spiro atoms. The molecule has 0 aliphatic heterocycles. The van der Waals surface area contributed by atoms with E-state index in [9.17, 15) is 4.79 Å². The van der Waals surface area contributed by atoms with E-state index < -0.39 is 5.60 Å². The van der Waals surface area contributed by atoms with Gasteiger partial charge in [-0.2, -0.15) is 0 Å². The number of rotatable bonds is 14. The van der Waals surface area contributed by atoms with E-state index >= 15 is 0 Å². The first-order chi connectivity index (χ1) is 16.3. The van der Waals surface area contributed by atoms with E-state index in [1.165, 1.54) is 25.7 Å². The summed E-state index contributed by atoms with van der Waals surface area (Å²) in [6, 6.07) is 30.7. The van der Waals surface area contributed by atoms with Crippen LogP contribution in [0.15, 0.2) is 91.0 Å². The largest absolute Gasteiger partial charge is 0.463 e. The fraction of sp³-hybridized carbons (Fsp3) is 0.367. The van der Waals surface area contributed by atoms with Crippen LogP contribution in [-0.2, 0) is 19.9 Å². The van der Waals surface area contributed by atoms with Gasteiger partial charge in [0.15, 0.2) is 0 Å². The van der Waals surface area contributed by atoms with Crippen molar-refractivity contribution in [1.82, 2.24) is 0 Å². The van der Waals surface area contributed by atoms with Crippen LogP contribution in [0.1, 0.15) is 68.6 Å². The number of esters is 1. The summed E-state index contributed by atoms with van der Waals surface area (Å²) in [6.45, 7) is 2.76. The average molecular weight is 445 g/mol. The van der Waals surface area contributed by atoms with Crippen LogP contribution >= 0.6 is 0 Å². The van der Waals surface area contributed by atoms with Crippen molar-refractivity contribution >= 4 is 5.97 Å². The Morgan fingerprint density at radius 3 is 1.58 bits per heavy atom. The van der Waals surface area contributed by atoms with E-state index in [0.29, 0.717) is 13.0 Å². The minimum absolute atomic E-state index is 0.140. The van der Waals surface area contributed by atoms with E-state index in [1.54, 1.807) is 0 Å². The SMILES string of the molecule is CCCCCCCCC(=O)OCCOC(c1ccccc1)(c1ccccc1)c1ccccc1. The van der Waals surface area contributed by atoms with Gasteiger partial charge in [0, 0.05) is 6.42 Å². The monoisotopic (exact) mass is 444 g/mol. The molecule has 0 aliphatic rings. The highest BCUT2D eigenvalue weighted by Crippen LogP contribution is 2.40. The molecule has 3 nitrogen and oxygen atoms in total. The predicted octanol–water partition coefficient (Wildman–Crippen LogP) is 7.29. The molecule has 174 valence electrons. The zero-order valence-corrected chi connectivity index (χ0v) is 19.7. The van der Waals surface area contributed by atoms with Gasteiger partial charge in [0.1, 0.15) is 12.2 Å². The third-order valence-corrected chi connectivity index (χ3v) is 5.94. The normalized spacial score (nSPS) is 11.3. The van der Waals surface area contributed by atoms with Gasteiger partial charge in [-0.15, -0.1) is 0 Å². The Kier molecular flexibility index (Phi) is 10.2. The molecular weight excluding hydrogens is 408 g/mol. The zero-order chi connectivity index (χ0) is 23.2. The smallest absolute Gasteiger partial charge is 0.305 e. The van der Waals surface area contributed by atoms with Crippen molar-refractivity contribution in [3.63, 3.8) is 0 Å². The number of benzene rings is 3. The molecule has 0 bridgehead atoms. The Bertz CT molecular complexity index is 826. The van der Waals surface area contributed by atoms with Crippen LogP contribution < -0.4 is 0 Å². The second-order valence-corrected chi connectivity index (χ2v) is 8.37. The van der Waals surface area contributed by atoms with Crippen LogP contribution in [0.5, 0.6) is 0 Å². The Morgan fingerprint density at radius 2 is 1.09 bits per heavy atom. The van der Waals surface area contributed by atoms with Gasteiger partial charge in [-0.3, -0.25) is 4.79 Å². The highest BCUT2D eigenvalue weighted by molar-refractivity contribution is 5.69. The molecule has 0 amide bonds. The summed E-state index contributed by atoms with van der Waals surface area (Å²) < 4.78 is 12.1. The number of carbonyl (C=O) groups is 1. The van der Waals surface area contributed by atoms with E-state index in [2.05, 4.69) is 43.3 Å². The Balaban J connectivity index is 1.68. The summed E-state index contributed by atoms with van der Waals surface area (Å²) >= 11 is 0. The predicted molar refractivity (Wildman–Crippen MR) is 134 cm³/mol. The quantitative estimate of drug-likeness (QED) is 0.149. The molecule has 0 radical (unpaired) electrons. The Labute approximate surface area is 198 Å². The van der Waals surface area contributed by atoms with Gasteiger partial charge >= 0.3 is 5.97 Å². The number of hydrogen-bond acceptors (Lipinski definition) is 3. The number of ether oxygens (including phenoxy) is 2. The highest BCUT2D eigenvalue weighted by atomic mass is 16.6. The van der Waals surface area contributed by atoms with Crippen molar-refractivity contribution in [2.24, 2.45) is 0 Å². The summed E-state index contributed by atoms with van der Waals surface area (Å²) in [5.74, 6) is -0.140. The second-order valence-electron chi connectivity index (χ2n) is 8.37. The van der Waals surface area contributed by atoms with Gasteiger partial charge in [0.25, 0.3) is 0 Å². The van der Waals surface area contributed by atoms with Gasteiger partial charge in [-0.05, 0) is 23.1 Å². The first-order valence-electron chi connectivity index (χ1n) is 12.2. The lowest BCUT2D eigenvalue weighted by Gasteiger charge is -2.35. The van der Waals surface area contributed by atoms with Gasteiger partial charge in [-0.25, -0.2) is 0 Å². The molecule has 0 fully saturated rings. The summed E-state index contributed by atoms with van der Waals surface area (Å²) in [4.78, 5) is 12.2. The van der Waals surface area contributed by atoms with Crippen molar-refractivity contribution in [3.8, 4) is 0 Å². The third-order valence-electron chi connectivity index (χ3n) is 5.94. The van der Waals surface area contributed by atoms with E-state index in [-0.39, 0.29) is 12.6 Å². The lowest BCUT2D eigenvalue weighted by Crippen LogP contribution is -2.34. The molecule has 0 aromatic heterocycles. The van der Waals surface area contributed by atoms with Crippen LogP contribution in [0.4, 0.5) is 0 Å². The molecule has 0 unspecified atom stereocenters. The number of carbonyl (C=O) groups excluding carboxylic acids is 1. The topological polar surface area (TPSA) is 35.5 Å². The van der Waals surface area contributed by atoms with E-state index in [1.807, 2.05) is 54.6 Å². The molecule has 0 heterocycles. The molecule has 0 N–H and O–H groups in total. The first kappa shape index (κ1) is 24.7. The van der Waals surface area contributed by atoms with E-state index in [0.717, 1.165) is 29.5 Å². The molecule has 3 aromatic rings. The molecule has 0 atom stereocenters. The highest BCUT2D eigenvalue weighted by Gasteiger charge is 2.37. The van der Waals surface area contributed by atoms with Gasteiger partial charge in [-0.1, -0.05) is 130 Å². The maximum atomic E-state index is 12.2. The molecule has 0 saturated carbocycles. The molecule has 3 aromatic carbocycles.